The third kappa shape index (κ3) is 5.33. The standard InChI is InChI=1S/C17H29NO3/c19-15(12-13-8-4-1-2-5-9-13)18-16(17(20)21)14-10-6-3-7-11-14/h13-14,16H,1-12H2,(H,18,19)(H,20,21). The highest BCUT2D eigenvalue weighted by Gasteiger charge is 2.31. The van der Waals surface area contributed by atoms with Crippen LogP contribution < -0.4 is 5.32 Å². The van der Waals surface area contributed by atoms with Crippen molar-refractivity contribution in [1.82, 2.24) is 5.32 Å². The summed E-state index contributed by atoms with van der Waals surface area (Å²) in [5.74, 6) is -0.348. The predicted molar refractivity (Wildman–Crippen MR) is 82.0 cm³/mol. The summed E-state index contributed by atoms with van der Waals surface area (Å²) in [5.41, 5.74) is 0. The lowest BCUT2D eigenvalue weighted by molar-refractivity contribution is -0.144. The maximum absolute atomic E-state index is 12.2. The van der Waals surface area contributed by atoms with Crippen molar-refractivity contribution >= 4 is 11.9 Å². The first kappa shape index (κ1) is 16.3. The molecule has 0 spiro atoms. The number of hydrogen-bond donors (Lipinski definition) is 2. The largest absolute Gasteiger partial charge is 0.480 e. The number of nitrogens with one attached hydrogen (secondary N) is 1. The van der Waals surface area contributed by atoms with Gasteiger partial charge in [-0.3, -0.25) is 4.79 Å². The number of amides is 1. The Morgan fingerprint density at radius 3 is 2.00 bits per heavy atom. The van der Waals surface area contributed by atoms with Crippen LogP contribution in [0.2, 0.25) is 0 Å². The van der Waals surface area contributed by atoms with E-state index in [1.54, 1.807) is 0 Å². The van der Waals surface area contributed by atoms with Gasteiger partial charge < -0.3 is 10.4 Å². The van der Waals surface area contributed by atoms with E-state index in [9.17, 15) is 14.7 Å². The van der Waals surface area contributed by atoms with Crippen molar-refractivity contribution in [2.45, 2.75) is 83.1 Å². The van der Waals surface area contributed by atoms with E-state index in [2.05, 4.69) is 5.32 Å². The van der Waals surface area contributed by atoms with Gasteiger partial charge in [0.2, 0.25) is 5.91 Å². The molecule has 120 valence electrons. The van der Waals surface area contributed by atoms with Gasteiger partial charge in [-0.1, -0.05) is 44.9 Å². The van der Waals surface area contributed by atoms with Gasteiger partial charge in [0.25, 0.3) is 0 Å². The van der Waals surface area contributed by atoms with Gasteiger partial charge in [-0.25, -0.2) is 4.79 Å². The summed E-state index contributed by atoms with van der Waals surface area (Å²) in [7, 11) is 0. The van der Waals surface area contributed by atoms with Crippen LogP contribution in [0, 0.1) is 11.8 Å². The Kier molecular flexibility index (Phi) is 6.52. The number of hydrogen-bond acceptors (Lipinski definition) is 2. The van der Waals surface area contributed by atoms with E-state index in [-0.39, 0.29) is 11.8 Å². The molecule has 0 aromatic heterocycles. The summed E-state index contributed by atoms with van der Waals surface area (Å²) in [5, 5.41) is 12.2. The second-order valence-electron chi connectivity index (χ2n) is 6.84. The molecule has 2 aliphatic carbocycles. The highest BCUT2D eigenvalue weighted by Crippen LogP contribution is 2.28. The molecule has 21 heavy (non-hydrogen) atoms. The van der Waals surface area contributed by atoms with E-state index < -0.39 is 12.0 Å². The van der Waals surface area contributed by atoms with Crippen LogP contribution in [0.5, 0.6) is 0 Å². The molecular weight excluding hydrogens is 266 g/mol. The van der Waals surface area contributed by atoms with Crippen LogP contribution >= 0.6 is 0 Å². The van der Waals surface area contributed by atoms with E-state index in [4.69, 9.17) is 0 Å². The minimum Gasteiger partial charge on any atom is -0.480 e. The van der Waals surface area contributed by atoms with Crippen LogP contribution in [-0.2, 0) is 9.59 Å². The van der Waals surface area contributed by atoms with Crippen LogP contribution in [-0.4, -0.2) is 23.0 Å². The lowest BCUT2D eigenvalue weighted by Crippen LogP contribution is -2.46. The monoisotopic (exact) mass is 295 g/mol. The summed E-state index contributed by atoms with van der Waals surface area (Å²) in [6.45, 7) is 0. The van der Waals surface area contributed by atoms with Gasteiger partial charge in [-0.15, -0.1) is 0 Å². The lowest BCUT2D eigenvalue weighted by atomic mass is 9.83. The molecule has 1 amide bonds. The Hall–Kier alpha value is -1.06. The molecule has 4 nitrogen and oxygen atoms in total. The lowest BCUT2D eigenvalue weighted by Gasteiger charge is -2.28. The second-order valence-corrected chi connectivity index (χ2v) is 6.84. The molecule has 0 heterocycles. The van der Waals surface area contributed by atoms with Crippen molar-refractivity contribution in [2.24, 2.45) is 11.8 Å². The molecule has 4 heteroatoms. The number of carboxylic acids is 1. The number of carbonyl (C=O) groups is 2. The van der Waals surface area contributed by atoms with Crippen molar-refractivity contribution in [3.05, 3.63) is 0 Å². The molecule has 1 unspecified atom stereocenters. The first-order valence-corrected chi connectivity index (χ1v) is 8.69. The molecule has 2 rings (SSSR count). The molecule has 1 atom stereocenters. The SMILES string of the molecule is O=C(CC1CCCCCC1)NC(C(=O)O)C1CCCCC1. The van der Waals surface area contributed by atoms with Crippen molar-refractivity contribution in [3.63, 3.8) is 0 Å². The molecular formula is C17H29NO3. The van der Waals surface area contributed by atoms with Crippen LogP contribution in [0.15, 0.2) is 0 Å². The van der Waals surface area contributed by atoms with Gasteiger partial charge in [-0.05, 0) is 37.5 Å². The summed E-state index contributed by atoms with van der Waals surface area (Å²) in [4.78, 5) is 23.7. The zero-order valence-electron chi connectivity index (χ0n) is 13.0. The third-order valence-corrected chi connectivity index (χ3v) is 5.15. The van der Waals surface area contributed by atoms with E-state index in [1.165, 1.54) is 32.1 Å². The van der Waals surface area contributed by atoms with Crippen molar-refractivity contribution in [3.8, 4) is 0 Å². The highest BCUT2D eigenvalue weighted by atomic mass is 16.4. The Bertz CT molecular complexity index is 342. The van der Waals surface area contributed by atoms with Crippen LogP contribution in [0.25, 0.3) is 0 Å². The molecule has 0 saturated heterocycles. The molecule has 0 radical (unpaired) electrons. The molecule has 0 aromatic rings. The fourth-order valence-corrected chi connectivity index (χ4v) is 3.91. The number of aliphatic carboxylic acids is 1. The maximum Gasteiger partial charge on any atom is 0.326 e. The van der Waals surface area contributed by atoms with E-state index in [0.717, 1.165) is 38.5 Å². The Morgan fingerprint density at radius 1 is 0.905 bits per heavy atom. The fraction of sp³-hybridized carbons (Fsp3) is 0.882. The molecule has 0 bridgehead atoms. The molecule has 2 aliphatic rings. The van der Waals surface area contributed by atoms with Gasteiger partial charge in [0.15, 0.2) is 0 Å². The Balaban J connectivity index is 1.83. The van der Waals surface area contributed by atoms with E-state index >= 15 is 0 Å². The minimum atomic E-state index is -0.865. The Morgan fingerprint density at radius 2 is 1.43 bits per heavy atom. The second kappa shape index (κ2) is 8.40. The quantitative estimate of drug-likeness (QED) is 0.763. The van der Waals surface area contributed by atoms with Crippen LogP contribution in [0.4, 0.5) is 0 Å². The molecule has 0 aliphatic heterocycles. The topological polar surface area (TPSA) is 66.4 Å². The molecule has 2 saturated carbocycles. The maximum atomic E-state index is 12.2. The van der Waals surface area contributed by atoms with E-state index in [0.29, 0.717) is 12.3 Å². The Labute approximate surface area is 127 Å². The summed E-state index contributed by atoms with van der Waals surface area (Å²) >= 11 is 0. The number of carboxylic acid groups (broad SMARTS) is 1. The van der Waals surface area contributed by atoms with Gasteiger partial charge in [-0.2, -0.15) is 0 Å². The third-order valence-electron chi connectivity index (χ3n) is 5.15. The average molecular weight is 295 g/mol. The van der Waals surface area contributed by atoms with Crippen LogP contribution in [0.3, 0.4) is 0 Å². The number of carbonyl (C=O) groups excluding carboxylic acids is 1. The van der Waals surface area contributed by atoms with E-state index in [1.807, 2.05) is 0 Å². The molecule has 0 aromatic carbocycles. The zero-order valence-corrected chi connectivity index (χ0v) is 13.0. The number of rotatable bonds is 5. The van der Waals surface area contributed by atoms with Gasteiger partial charge in [0.1, 0.15) is 6.04 Å². The summed E-state index contributed by atoms with van der Waals surface area (Å²) < 4.78 is 0. The average Bonchev–Trinajstić information content (AvgIpc) is 2.74. The van der Waals surface area contributed by atoms with Crippen molar-refractivity contribution < 1.29 is 14.7 Å². The van der Waals surface area contributed by atoms with Gasteiger partial charge >= 0.3 is 5.97 Å². The zero-order chi connectivity index (χ0) is 15.1. The summed E-state index contributed by atoms with van der Waals surface area (Å²) in [6, 6.07) is -0.677. The first-order valence-electron chi connectivity index (χ1n) is 8.69. The molecule has 2 N–H and O–H groups in total. The normalized spacial score (nSPS) is 23.2. The molecule has 2 fully saturated rings. The predicted octanol–water partition coefficient (Wildman–Crippen LogP) is 3.50. The van der Waals surface area contributed by atoms with Gasteiger partial charge in [0.05, 0.1) is 0 Å². The smallest absolute Gasteiger partial charge is 0.326 e. The van der Waals surface area contributed by atoms with Crippen LogP contribution in [0.1, 0.15) is 77.0 Å². The minimum absolute atomic E-state index is 0.0557. The first-order chi connectivity index (χ1) is 10.2. The van der Waals surface area contributed by atoms with Crippen molar-refractivity contribution in [1.29, 1.82) is 0 Å². The summed E-state index contributed by atoms with van der Waals surface area (Å²) in [6.07, 6.45) is 13.0. The van der Waals surface area contributed by atoms with Crippen molar-refractivity contribution in [2.75, 3.05) is 0 Å². The fourth-order valence-electron chi connectivity index (χ4n) is 3.91. The highest BCUT2D eigenvalue weighted by molar-refractivity contribution is 5.83. The van der Waals surface area contributed by atoms with Gasteiger partial charge in [0, 0.05) is 6.42 Å².